The Hall–Kier alpha value is -2.36. The van der Waals surface area contributed by atoms with E-state index in [1.54, 1.807) is 11.3 Å². The summed E-state index contributed by atoms with van der Waals surface area (Å²) in [6.07, 6.45) is 3.13. The number of piperazine rings is 1. The Kier molecular flexibility index (Phi) is 5.15. The number of rotatable bonds is 4. The fourth-order valence-corrected chi connectivity index (χ4v) is 5.42. The Morgan fingerprint density at radius 3 is 2.81 bits per heavy atom. The van der Waals surface area contributed by atoms with E-state index in [4.69, 9.17) is 0 Å². The molecule has 1 amide bonds. The maximum Gasteiger partial charge on any atom is 0.280 e. The highest BCUT2D eigenvalue weighted by Crippen LogP contribution is 2.38. The van der Waals surface area contributed by atoms with Gasteiger partial charge in [-0.3, -0.25) is 4.79 Å². The molecule has 140 valence electrons. The van der Waals surface area contributed by atoms with Crippen LogP contribution in [0.5, 0.6) is 0 Å². The average Bonchev–Trinajstić information content (AvgIpc) is 3.23. The second-order valence-corrected chi connectivity index (χ2v) is 8.53. The van der Waals surface area contributed by atoms with Crippen molar-refractivity contribution in [1.82, 2.24) is 0 Å². The fourth-order valence-electron chi connectivity index (χ4n) is 4.17. The van der Waals surface area contributed by atoms with Crippen LogP contribution in [-0.2, 0) is 17.6 Å². The number of carbonyl (C=O) groups is 1. The number of anilines is 2. The smallest absolute Gasteiger partial charge is 0.280 e. The van der Waals surface area contributed by atoms with Crippen molar-refractivity contribution in [3.05, 3.63) is 45.8 Å². The van der Waals surface area contributed by atoms with Gasteiger partial charge >= 0.3 is 0 Å². The SMILES string of the molecule is Cc1ccccc1N1CC[NH+](CC(=O)Nc2sc3c(c2C#N)CCC3)CC1. The summed E-state index contributed by atoms with van der Waals surface area (Å²) in [6.45, 7) is 6.44. The molecule has 1 fully saturated rings. The molecule has 2 aliphatic rings. The van der Waals surface area contributed by atoms with Crippen molar-refractivity contribution >= 4 is 27.9 Å². The van der Waals surface area contributed by atoms with Crippen molar-refractivity contribution in [3.8, 4) is 6.07 Å². The molecule has 0 unspecified atom stereocenters. The topological polar surface area (TPSA) is 60.6 Å². The van der Waals surface area contributed by atoms with E-state index in [1.165, 1.54) is 21.0 Å². The summed E-state index contributed by atoms with van der Waals surface area (Å²) < 4.78 is 0. The van der Waals surface area contributed by atoms with E-state index in [0.717, 1.165) is 56.0 Å². The molecule has 1 aliphatic carbocycles. The van der Waals surface area contributed by atoms with Gasteiger partial charge in [0, 0.05) is 10.6 Å². The summed E-state index contributed by atoms with van der Waals surface area (Å²) in [5, 5.41) is 13.2. The number of thiophene rings is 1. The first kappa shape index (κ1) is 18.0. The number of aryl methyl sites for hydroxylation is 2. The van der Waals surface area contributed by atoms with Crippen LogP contribution in [0.1, 0.15) is 28.0 Å². The van der Waals surface area contributed by atoms with Gasteiger partial charge in [-0.05, 0) is 43.4 Å². The second kappa shape index (κ2) is 7.71. The molecule has 1 aromatic heterocycles. The average molecular weight is 382 g/mol. The quantitative estimate of drug-likeness (QED) is 0.848. The first-order chi connectivity index (χ1) is 13.2. The number of benzene rings is 1. The highest BCUT2D eigenvalue weighted by atomic mass is 32.1. The normalized spacial score (nSPS) is 16.8. The van der Waals surface area contributed by atoms with Gasteiger partial charge in [0.1, 0.15) is 11.1 Å². The highest BCUT2D eigenvalue weighted by molar-refractivity contribution is 7.16. The van der Waals surface area contributed by atoms with E-state index >= 15 is 0 Å². The van der Waals surface area contributed by atoms with E-state index in [1.807, 2.05) is 0 Å². The number of nitrogens with zero attached hydrogens (tertiary/aromatic N) is 2. The summed E-state index contributed by atoms with van der Waals surface area (Å²) in [5.41, 5.74) is 4.46. The Labute approximate surface area is 164 Å². The molecule has 0 spiro atoms. The molecular weight excluding hydrogens is 356 g/mol. The van der Waals surface area contributed by atoms with Crippen LogP contribution in [0.15, 0.2) is 24.3 Å². The number of hydrogen-bond acceptors (Lipinski definition) is 4. The van der Waals surface area contributed by atoms with Crippen LogP contribution in [0, 0.1) is 18.3 Å². The summed E-state index contributed by atoms with van der Waals surface area (Å²) in [5.74, 6) is 0.0192. The molecule has 2 N–H and O–H groups in total. The van der Waals surface area contributed by atoms with Crippen LogP contribution in [-0.4, -0.2) is 38.6 Å². The monoisotopic (exact) mass is 381 g/mol. The Morgan fingerprint density at radius 1 is 1.30 bits per heavy atom. The number of para-hydroxylation sites is 1. The molecule has 1 aromatic carbocycles. The highest BCUT2D eigenvalue weighted by Gasteiger charge is 2.26. The first-order valence-electron chi connectivity index (χ1n) is 9.64. The maximum atomic E-state index is 12.5. The fraction of sp³-hybridized carbons (Fsp3) is 0.429. The summed E-state index contributed by atoms with van der Waals surface area (Å²) in [6, 6.07) is 10.8. The molecule has 2 heterocycles. The zero-order chi connectivity index (χ0) is 18.8. The van der Waals surface area contributed by atoms with Crippen LogP contribution in [0.2, 0.25) is 0 Å². The minimum absolute atomic E-state index is 0.0192. The molecule has 5 nitrogen and oxygen atoms in total. The molecule has 0 atom stereocenters. The maximum absolute atomic E-state index is 12.5. The van der Waals surface area contributed by atoms with Gasteiger partial charge in [0.2, 0.25) is 0 Å². The molecule has 0 bridgehead atoms. The lowest BCUT2D eigenvalue weighted by Gasteiger charge is -2.34. The number of amides is 1. The number of quaternary nitrogens is 1. The molecule has 6 heteroatoms. The van der Waals surface area contributed by atoms with Crippen LogP contribution in [0.4, 0.5) is 10.7 Å². The molecule has 1 saturated heterocycles. The third-order valence-corrected chi connectivity index (χ3v) is 6.83. The number of nitrogens with one attached hydrogen (secondary N) is 2. The molecule has 27 heavy (non-hydrogen) atoms. The lowest BCUT2D eigenvalue weighted by atomic mass is 10.1. The van der Waals surface area contributed by atoms with Crippen molar-refractivity contribution in [2.75, 3.05) is 42.9 Å². The lowest BCUT2D eigenvalue weighted by Crippen LogP contribution is -3.15. The zero-order valence-electron chi connectivity index (χ0n) is 15.7. The molecule has 0 radical (unpaired) electrons. The van der Waals surface area contributed by atoms with E-state index < -0.39 is 0 Å². The van der Waals surface area contributed by atoms with Gasteiger partial charge in [-0.15, -0.1) is 11.3 Å². The molecule has 4 rings (SSSR count). The van der Waals surface area contributed by atoms with Crippen LogP contribution in [0.3, 0.4) is 0 Å². The summed E-state index contributed by atoms with van der Waals surface area (Å²) in [4.78, 5) is 17.5. The third kappa shape index (κ3) is 3.71. The molecular formula is C21H25N4OS+. The zero-order valence-corrected chi connectivity index (χ0v) is 16.5. The van der Waals surface area contributed by atoms with Crippen molar-refractivity contribution in [1.29, 1.82) is 5.26 Å². The van der Waals surface area contributed by atoms with E-state index in [2.05, 4.69) is 47.5 Å². The van der Waals surface area contributed by atoms with Crippen molar-refractivity contribution in [2.24, 2.45) is 0 Å². The van der Waals surface area contributed by atoms with Gasteiger partial charge in [0.15, 0.2) is 6.54 Å². The van der Waals surface area contributed by atoms with Gasteiger partial charge in [0.25, 0.3) is 5.91 Å². The van der Waals surface area contributed by atoms with Gasteiger partial charge < -0.3 is 15.1 Å². The van der Waals surface area contributed by atoms with E-state index in [-0.39, 0.29) is 5.91 Å². The van der Waals surface area contributed by atoms with E-state index in [0.29, 0.717) is 12.1 Å². The number of hydrogen-bond donors (Lipinski definition) is 2. The third-order valence-electron chi connectivity index (χ3n) is 5.62. The first-order valence-corrected chi connectivity index (χ1v) is 10.5. The van der Waals surface area contributed by atoms with Gasteiger partial charge in [-0.25, -0.2) is 0 Å². The number of nitriles is 1. The minimum atomic E-state index is 0.0192. The predicted molar refractivity (Wildman–Crippen MR) is 109 cm³/mol. The van der Waals surface area contributed by atoms with Gasteiger partial charge in [-0.2, -0.15) is 5.26 Å². The number of carbonyl (C=O) groups excluding carboxylic acids is 1. The minimum Gasteiger partial charge on any atom is -0.360 e. The van der Waals surface area contributed by atoms with Crippen LogP contribution < -0.4 is 15.1 Å². The van der Waals surface area contributed by atoms with Crippen molar-refractivity contribution in [3.63, 3.8) is 0 Å². The number of fused-ring (bicyclic) bond motifs is 1. The Bertz CT molecular complexity index is 890. The standard InChI is InChI=1S/C21H24N4OS/c1-15-5-2-3-7-18(15)25-11-9-24(10-12-25)14-20(26)23-21-17(13-22)16-6-4-8-19(16)27-21/h2-3,5,7H,4,6,8-12,14H2,1H3,(H,23,26)/p+1. The second-order valence-electron chi connectivity index (χ2n) is 7.42. The lowest BCUT2D eigenvalue weighted by molar-refractivity contribution is -0.892. The van der Waals surface area contributed by atoms with E-state index in [9.17, 15) is 10.1 Å². The summed E-state index contributed by atoms with van der Waals surface area (Å²) >= 11 is 1.59. The van der Waals surface area contributed by atoms with Gasteiger partial charge in [0.05, 0.1) is 31.7 Å². The molecule has 1 aliphatic heterocycles. The largest absolute Gasteiger partial charge is 0.360 e. The van der Waals surface area contributed by atoms with Crippen LogP contribution in [0.25, 0.3) is 0 Å². The van der Waals surface area contributed by atoms with Gasteiger partial charge in [-0.1, -0.05) is 18.2 Å². The Balaban J connectivity index is 1.33. The predicted octanol–water partition coefficient (Wildman–Crippen LogP) is 1.76. The van der Waals surface area contributed by atoms with Crippen LogP contribution >= 0.6 is 11.3 Å². The molecule has 2 aromatic rings. The van der Waals surface area contributed by atoms with Crippen molar-refractivity contribution in [2.45, 2.75) is 26.2 Å². The van der Waals surface area contributed by atoms with Crippen molar-refractivity contribution < 1.29 is 9.69 Å². The Morgan fingerprint density at radius 2 is 2.07 bits per heavy atom. The molecule has 0 saturated carbocycles. The summed E-state index contributed by atoms with van der Waals surface area (Å²) in [7, 11) is 0.